The number of hydrogen-bond acceptors (Lipinski definition) is 4. The second kappa shape index (κ2) is 3.71. The first-order valence-electron chi connectivity index (χ1n) is 5.17. The van der Waals surface area contributed by atoms with Gasteiger partial charge in [-0.2, -0.15) is 0 Å². The Hall–Kier alpha value is -1.14. The van der Waals surface area contributed by atoms with E-state index in [0.717, 1.165) is 19.3 Å². The van der Waals surface area contributed by atoms with Gasteiger partial charge in [-0.15, -0.1) is 0 Å². The van der Waals surface area contributed by atoms with Crippen molar-refractivity contribution in [1.29, 1.82) is 0 Å². The van der Waals surface area contributed by atoms with Crippen molar-refractivity contribution in [2.75, 3.05) is 5.73 Å². The molecule has 0 saturated heterocycles. The molecule has 1 fully saturated rings. The molecule has 1 aromatic rings. The van der Waals surface area contributed by atoms with Crippen molar-refractivity contribution in [2.45, 2.75) is 36.6 Å². The number of aromatic nitrogens is 1. The van der Waals surface area contributed by atoms with Gasteiger partial charge in [0.05, 0.1) is 0 Å². The molecule has 16 heavy (non-hydrogen) atoms. The van der Waals surface area contributed by atoms with Gasteiger partial charge < -0.3 is 5.73 Å². The zero-order valence-corrected chi connectivity index (χ0v) is 9.92. The van der Waals surface area contributed by atoms with Gasteiger partial charge >= 0.3 is 0 Å². The average molecular weight is 241 g/mol. The number of nitrogens with one attached hydrogen (secondary N) is 1. The number of pyridine rings is 1. The summed E-state index contributed by atoms with van der Waals surface area (Å²) in [6.45, 7) is 1.92. The molecule has 3 N–H and O–H groups in total. The van der Waals surface area contributed by atoms with E-state index in [4.69, 9.17) is 5.73 Å². The first-order chi connectivity index (χ1) is 7.41. The molecule has 1 heterocycles. The fraction of sp³-hybridized carbons (Fsp3) is 0.500. The van der Waals surface area contributed by atoms with Crippen LogP contribution in [0.2, 0.25) is 0 Å². The maximum absolute atomic E-state index is 12.0. The highest BCUT2D eigenvalue weighted by Gasteiger charge is 2.36. The molecular weight excluding hydrogens is 226 g/mol. The third-order valence-electron chi connectivity index (χ3n) is 2.91. The van der Waals surface area contributed by atoms with E-state index in [2.05, 4.69) is 9.71 Å². The van der Waals surface area contributed by atoms with Crippen LogP contribution in [0.1, 0.15) is 26.2 Å². The van der Waals surface area contributed by atoms with Gasteiger partial charge in [0.25, 0.3) is 0 Å². The van der Waals surface area contributed by atoms with E-state index in [1.54, 1.807) is 0 Å². The van der Waals surface area contributed by atoms with Crippen molar-refractivity contribution in [2.24, 2.45) is 0 Å². The molecule has 0 aliphatic heterocycles. The van der Waals surface area contributed by atoms with Gasteiger partial charge in [0.1, 0.15) is 10.7 Å². The molecule has 1 aliphatic carbocycles. The van der Waals surface area contributed by atoms with E-state index in [1.807, 2.05) is 6.92 Å². The number of sulfonamides is 1. The van der Waals surface area contributed by atoms with Crippen LogP contribution in [0.3, 0.4) is 0 Å². The zero-order chi connectivity index (χ0) is 11.8. The molecule has 0 unspecified atom stereocenters. The lowest BCUT2D eigenvalue weighted by atomic mass is 9.80. The molecule has 5 nitrogen and oxygen atoms in total. The molecule has 0 bridgehead atoms. The van der Waals surface area contributed by atoms with Crippen LogP contribution >= 0.6 is 0 Å². The van der Waals surface area contributed by atoms with E-state index >= 15 is 0 Å². The van der Waals surface area contributed by atoms with Crippen LogP contribution < -0.4 is 10.5 Å². The summed E-state index contributed by atoms with van der Waals surface area (Å²) in [4.78, 5) is 3.94. The summed E-state index contributed by atoms with van der Waals surface area (Å²) in [5, 5.41) is 0. The van der Waals surface area contributed by atoms with Crippen molar-refractivity contribution in [3.63, 3.8) is 0 Å². The van der Waals surface area contributed by atoms with Gasteiger partial charge in [0, 0.05) is 11.7 Å². The van der Waals surface area contributed by atoms with Crippen molar-refractivity contribution >= 4 is 15.8 Å². The van der Waals surface area contributed by atoms with Gasteiger partial charge in [-0.3, -0.25) is 0 Å². The van der Waals surface area contributed by atoms with Crippen molar-refractivity contribution in [1.82, 2.24) is 9.71 Å². The largest absolute Gasteiger partial charge is 0.384 e. The molecule has 0 atom stereocenters. The van der Waals surface area contributed by atoms with E-state index < -0.39 is 10.0 Å². The van der Waals surface area contributed by atoms with Gasteiger partial charge in [-0.05, 0) is 38.3 Å². The van der Waals surface area contributed by atoms with E-state index in [1.165, 1.54) is 18.3 Å². The van der Waals surface area contributed by atoms with Gasteiger partial charge in [-0.1, -0.05) is 0 Å². The maximum atomic E-state index is 12.0. The summed E-state index contributed by atoms with van der Waals surface area (Å²) in [5.74, 6) is 0.314. The number of nitrogens with two attached hydrogens (primary N) is 1. The average Bonchev–Trinajstić information content (AvgIpc) is 2.15. The Labute approximate surface area is 95.1 Å². The maximum Gasteiger partial charge on any atom is 0.242 e. The van der Waals surface area contributed by atoms with Crippen LogP contribution in [0.5, 0.6) is 0 Å². The molecule has 0 aromatic carbocycles. The van der Waals surface area contributed by atoms with E-state index in [9.17, 15) is 8.42 Å². The zero-order valence-electron chi connectivity index (χ0n) is 9.10. The highest BCUT2D eigenvalue weighted by molar-refractivity contribution is 7.89. The highest BCUT2D eigenvalue weighted by Crippen LogP contribution is 2.32. The highest BCUT2D eigenvalue weighted by atomic mass is 32.2. The monoisotopic (exact) mass is 241 g/mol. The molecule has 2 rings (SSSR count). The summed E-state index contributed by atoms with van der Waals surface area (Å²) >= 11 is 0. The van der Waals surface area contributed by atoms with Crippen LogP contribution in [0.4, 0.5) is 5.82 Å². The van der Waals surface area contributed by atoms with Crippen molar-refractivity contribution in [3.05, 3.63) is 18.3 Å². The van der Waals surface area contributed by atoms with Crippen molar-refractivity contribution in [3.8, 4) is 0 Å². The standard InChI is InChI=1S/C10H15N3O2S/c1-10(5-2-6-10)13-16(14,15)8-3-4-9(11)12-7-8/h3-4,7,13H,2,5-6H2,1H3,(H2,11,12). The fourth-order valence-corrected chi connectivity index (χ4v) is 3.15. The normalized spacial score (nSPS) is 19.1. The lowest BCUT2D eigenvalue weighted by Gasteiger charge is -2.38. The van der Waals surface area contributed by atoms with Gasteiger partial charge in [0.15, 0.2) is 0 Å². The number of anilines is 1. The second-order valence-electron chi connectivity index (χ2n) is 4.44. The lowest BCUT2D eigenvalue weighted by Crippen LogP contribution is -2.50. The number of hydrogen-bond donors (Lipinski definition) is 2. The molecule has 88 valence electrons. The first kappa shape index (κ1) is 11.3. The van der Waals surface area contributed by atoms with Crippen molar-refractivity contribution < 1.29 is 8.42 Å². The molecule has 1 aliphatic rings. The first-order valence-corrected chi connectivity index (χ1v) is 6.65. The second-order valence-corrected chi connectivity index (χ2v) is 6.12. The van der Waals surface area contributed by atoms with Crippen LogP contribution in [0.25, 0.3) is 0 Å². The minimum atomic E-state index is -3.46. The van der Waals surface area contributed by atoms with Gasteiger partial charge in [-0.25, -0.2) is 18.1 Å². The molecule has 1 aromatic heterocycles. The van der Waals surface area contributed by atoms with E-state index in [0.29, 0.717) is 5.82 Å². The summed E-state index contributed by atoms with van der Waals surface area (Å²) in [7, 11) is -3.46. The minimum absolute atomic E-state index is 0.162. The fourth-order valence-electron chi connectivity index (χ4n) is 1.74. The molecule has 0 radical (unpaired) electrons. The topological polar surface area (TPSA) is 85.1 Å². The summed E-state index contributed by atoms with van der Waals surface area (Å²) in [5.41, 5.74) is 5.12. The number of nitrogen functional groups attached to an aromatic ring is 1. The predicted octanol–water partition coefficient (Wildman–Crippen LogP) is 0.885. The quantitative estimate of drug-likeness (QED) is 0.822. The third kappa shape index (κ3) is 2.17. The molecular formula is C10H15N3O2S. The molecule has 0 spiro atoms. The summed E-state index contributed by atoms with van der Waals surface area (Å²) in [6.07, 6.45) is 4.11. The number of rotatable bonds is 3. The minimum Gasteiger partial charge on any atom is -0.384 e. The Morgan fingerprint density at radius 1 is 1.44 bits per heavy atom. The van der Waals surface area contributed by atoms with Crippen LogP contribution in [0, 0.1) is 0 Å². The molecule has 6 heteroatoms. The predicted molar refractivity (Wildman–Crippen MR) is 61.2 cm³/mol. The number of nitrogens with zero attached hydrogens (tertiary/aromatic N) is 1. The molecule has 1 saturated carbocycles. The lowest BCUT2D eigenvalue weighted by molar-refractivity contribution is 0.248. The van der Waals surface area contributed by atoms with Crippen LogP contribution in [0.15, 0.2) is 23.2 Å². The Kier molecular flexibility index (Phi) is 2.63. The smallest absolute Gasteiger partial charge is 0.242 e. The van der Waals surface area contributed by atoms with Crippen LogP contribution in [-0.4, -0.2) is 18.9 Å². The third-order valence-corrected chi connectivity index (χ3v) is 4.53. The Balaban J connectivity index is 2.22. The Morgan fingerprint density at radius 3 is 2.56 bits per heavy atom. The Bertz CT molecular complexity index is 477. The summed E-state index contributed by atoms with van der Waals surface area (Å²) < 4.78 is 26.6. The molecule has 0 amide bonds. The Morgan fingerprint density at radius 2 is 2.12 bits per heavy atom. The van der Waals surface area contributed by atoms with E-state index in [-0.39, 0.29) is 10.4 Å². The SMILES string of the molecule is CC1(NS(=O)(=O)c2ccc(N)nc2)CCC1. The summed E-state index contributed by atoms with van der Waals surface area (Å²) in [6, 6.07) is 2.95. The van der Waals surface area contributed by atoms with Crippen LogP contribution in [-0.2, 0) is 10.0 Å². The van der Waals surface area contributed by atoms with Gasteiger partial charge in [0.2, 0.25) is 10.0 Å².